The van der Waals surface area contributed by atoms with E-state index in [1.807, 2.05) is 6.92 Å². The van der Waals surface area contributed by atoms with Crippen LogP contribution in [0.3, 0.4) is 0 Å². The number of hydrogen-bond donors (Lipinski definition) is 2. The summed E-state index contributed by atoms with van der Waals surface area (Å²) < 4.78 is 5.13. The molecule has 0 aromatic carbocycles. The summed E-state index contributed by atoms with van der Waals surface area (Å²) in [5.74, 6) is 0.959. The van der Waals surface area contributed by atoms with Gasteiger partial charge in [-0.2, -0.15) is 0 Å². The Morgan fingerprint density at radius 3 is 2.55 bits per heavy atom. The Morgan fingerprint density at radius 2 is 2.18 bits per heavy atom. The Labute approximate surface area is 68.6 Å². The normalized spacial score (nSPS) is 15.5. The molecule has 0 rings (SSSR count). The molecule has 0 saturated heterocycles. The highest BCUT2D eigenvalue weighted by Gasteiger charge is 2.09. The largest absolute Gasteiger partial charge is 0.386 e. The van der Waals surface area contributed by atoms with Crippen molar-refractivity contribution in [1.82, 2.24) is 5.32 Å². The minimum absolute atomic E-state index is 0.252. The minimum Gasteiger partial charge on any atom is -0.386 e. The van der Waals surface area contributed by atoms with E-state index >= 15 is 0 Å². The summed E-state index contributed by atoms with van der Waals surface area (Å²) in [5.41, 5.74) is 5.34. The molecule has 0 amide bonds. The molecule has 0 radical (unpaired) electrons. The third-order valence-corrected chi connectivity index (χ3v) is 1.82. The quantitative estimate of drug-likeness (QED) is 0.618. The number of rotatable bonds is 5. The first-order valence-electron chi connectivity index (χ1n) is 3.79. The minimum atomic E-state index is 0.252. The molecule has 2 atom stereocenters. The van der Waals surface area contributed by atoms with Gasteiger partial charge in [-0.1, -0.05) is 13.5 Å². The molecule has 0 aliphatic carbocycles. The third kappa shape index (κ3) is 4.67. The molecule has 3 heteroatoms. The summed E-state index contributed by atoms with van der Waals surface area (Å²) in [6.07, 6.45) is 0.252. The SMILES string of the molecule is C=C(N)NCC(C)[C@H](C)OC. The Hall–Kier alpha value is -0.700. The van der Waals surface area contributed by atoms with Crippen LogP contribution in [-0.2, 0) is 4.74 Å². The topological polar surface area (TPSA) is 47.3 Å². The molecule has 11 heavy (non-hydrogen) atoms. The van der Waals surface area contributed by atoms with E-state index in [-0.39, 0.29) is 6.10 Å². The first kappa shape index (κ1) is 10.3. The van der Waals surface area contributed by atoms with Gasteiger partial charge < -0.3 is 15.8 Å². The van der Waals surface area contributed by atoms with Crippen LogP contribution in [0.15, 0.2) is 12.4 Å². The van der Waals surface area contributed by atoms with Crippen LogP contribution in [0.4, 0.5) is 0 Å². The van der Waals surface area contributed by atoms with Crippen molar-refractivity contribution in [3.05, 3.63) is 12.4 Å². The first-order chi connectivity index (χ1) is 5.07. The van der Waals surface area contributed by atoms with Crippen molar-refractivity contribution in [2.75, 3.05) is 13.7 Å². The molecular formula is C8H18N2O. The molecule has 0 spiro atoms. The van der Waals surface area contributed by atoms with Gasteiger partial charge in [-0.25, -0.2) is 0 Å². The molecule has 0 fully saturated rings. The Morgan fingerprint density at radius 1 is 1.64 bits per heavy atom. The van der Waals surface area contributed by atoms with Gasteiger partial charge in [0.15, 0.2) is 0 Å². The molecular weight excluding hydrogens is 140 g/mol. The van der Waals surface area contributed by atoms with E-state index in [0.717, 1.165) is 6.54 Å². The van der Waals surface area contributed by atoms with Gasteiger partial charge in [-0.15, -0.1) is 0 Å². The van der Waals surface area contributed by atoms with Crippen molar-refractivity contribution in [3.8, 4) is 0 Å². The lowest BCUT2D eigenvalue weighted by molar-refractivity contribution is 0.0744. The highest BCUT2D eigenvalue weighted by molar-refractivity contribution is 4.83. The van der Waals surface area contributed by atoms with E-state index < -0.39 is 0 Å². The number of hydrogen-bond acceptors (Lipinski definition) is 3. The van der Waals surface area contributed by atoms with Crippen LogP contribution in [-0.4, -0.2) is 19.8 Å². The van der Waals surface area contributed by atoms with Crippen molar-refractivity contribution >= 4 is 0 Å². The smallest absolute Gasteiger partial charge is 0.0885 e. The third-order valence-electron chi connectivity index (χ3n) is 1.82. The standard InChI is InChI=1S/C8H18N2O/c1-6(7(2)11-4)5-10-8(3)9/h6-7,10H,3,5,9H2,1-2,4H3/t6?,7-/m0/s1. The molecule has 0 aromatic rings. The van der Waals surface area contributed by atoms with E-state index in [2.05, 4.69) is 18.8 Å². The predicted octanol–water partition coefficient (Wildman–Crippen LogP) is 0.677. The van der Waals surface area contributed by atoms with Gasteiger partial charge in [-0.3, -0.25) is 0 Å². The molecule has 0 bridgehead atoms. The number of nitrogens with one attached hydrogen (secondary N) is 1. The molecule has 1 unspecified atom stereocenters. The van der Waals surface area contributed by atoms with Gasteiger partial charge in [-0.05, 0) is 12.8 Å². The van der Waals surface area contributed by atoms with Gasteiger partial charge >= 0.3 is 0 Å². The van der Waals surface area contributed by atoms with Crippen LogP contribution in [0.2, 0.25) is 0 Å². The van der Waals surface area contributed by atoms with Gasteiger partial charge in [0.1, 0.15) is 0 Å². The number of methoxy groups -OCH3 is 1. The maximum atomic E-state index is 5.34. The summed E-state index contributed by atoms with van der Waals surface area (Å²) >= 11 is 0. The fraction of sp³-hybridized carbons (Fsp3) is 0.750. The zero-order valence-electron chi connectivity index (χ0n) is 7.55. The van der Waals surface area contributed by atoms with Crippen molar-refractivity contribution in [2.24, 2.45) is 11.7 Å². The summed E-state index contributed by atoms with van der Waals surface area (Å²) in [4.78, 5) is 0. The molecule has 0 heterocycles. The Kier molecular flexibility index (Phi) is 4.70. The molecule has 0 aliphatic rings. The lowest BCUT2D eigenvalue weighted by atomic mass is 10.1. The van der Waals surface area contributed by atoms with E-state index in [1.165, 1.54) is 0 Å². The van der Waals surface area contributed by atoms with E-state index in [4.69, 9.17) is 10.5 Å². The van der Waals surface area contributed by atoms with Crippen LogP contribution in [0.5, 0.6) is 0 Å². The second-order valence-corrected chi connectivity index (χ2v) is 2.82. The zero-order chi connectivity index (χ0) is 8.85. The number of nitrogens with two attached hydrogens (primary N) is 1. The van der Waals surface area contributed by atoms with Crippen LogP contribution in [0, 0.1) is 5.92 Å². The monoisotopic (exact) mass is 158 g/mol. The van der Waals surface area contributed by atoms with Crippen LogP contribution < -0.4 is 11.1 Å². The molecule has 66 valence electrons. The Bertz CT molecular complexity index is 125. The van der Waals surface area contributed by atoms with E-state index in [1.54, 1.807) is 7.11 Å². The average Bonchev–Trinajstić information content (AvgIpc) is 1.98. The Balaban J connectivity index is 3.51. The van der Waals surface area contributed by atoms with Crippen molar-refractivity contribution in [3.63, 3.8) is 0 Å². The summed E-state index contributed by atoms with van der Waals surface area (Å²) in [5, 5.41) is 2.96. The molecule has 3 nitrogen and oxygen atoms in total. The zero-order valence-corrected chi connectivity index (χ0v) is 7.55. The van der Waals surface area contributed by atoms with Crippen LogP contribution in [0.1, 0.15) is 13.8 Å². The average molecular weight is 158 g/mol. The summed E-state index contributed by atoms with van der Waals surface area (Å²) in [7, 11) is 1.71. The number of ether oxygens (including phenoxy) is 1. The maximum Gasteiger partial charge on any atom is 0.0885 e. The van der Waals surface area contributed by atoms with E-state index in [9.17, 15) is 0 Å². The van der Waals surface area contributed by atoms with Crippen molar-refractivity contribution in [2.45, 2.75) is 20.0 Å². The van der Waals surface area contributed by atoms with Crippen LogP contribution in [0.25, 0.3) is 0 Å². The van der Waals surface area contributed by atoms with Gasteiger partial charge in [0.2, 0.25) is 0 Å². The van der Waals surface area contributed by atoms with Gasteiger partial charge in [0.05, 0.1) is 11.9 Å². The fourth-order valence-corrected chi connectivity index (χ4v) is 0.690. The fourth-order valence-electron chi connectivity index (χ4n) is 0.690. The lowest BCUT2D eigenvalue weighted by Crippen LogP contribution is -2.30. The predicted molar refractivity (Wildman–Crippen MR) is 47.0 cm³/mol. The molecule has 0 aromatic heterocycles. The second kappa shape index (κ2) is 5.02. The summed E-state index contributed by atoms with van der Waals surface area (Å²) in [6.45, 7) is 8.48. The van der Waals surface area contributed by atoms with Gasteiger partial charge in [0, 0.05) is 13.7 Å². The van der Waals surface area contributed by atoms with E-state index in [0.29, 0.717) is 11.7 Å². The van der Waals surface area contributed by atoms with Crippen molar-refractivity contribution in [1.29, 1.82) is 0 Å². The highest BCUT2D eigenvalue weighted by atomic mass is 16.5. The maximum absolute atomic E-state index is 5.34. The second-order valence-electron chi connectivity index (χ2n) is 2.82. The van der Waals surface area contributed by atoms with Crippen molar-refractivity contribution < 1.29 is 4.74 Å². The summed E-state index contributed by atoms with van der Waals surface area (Å²) in [6, 6.07) is 0. The molecule has 3 N–H and O–H groups in total. The first-order valence-corrected chi connectivity index (χ1v) is 3.79. The lowest BCUT2D eigenvalue weighted by Gasteiger charge is -2.18. The molecule has 0 saturated carbocycles. The molecule has 0 aliphatic heterocycles. The highest BCUT2D eigenvalue weighted by Crippen LogP contribution is 2.03. The van der Waals surface area contributed by atoms with Gasteiger partial charge in [0.25, 0.3) is 0 Å². The van der Waals surface area contributed by atoms with Crippen LogP contribution >= 0.6 is 0 Å².